The summed E-state index contributed by atoms with van der Waals surface area (Å²) >= 11 is 6.10. The minimum atomic E-state index is -0.296. The predicted octanol–water partition coefficient (Wildman–Crippen LogP) is 5.47. The summed E-state index contributed by atoms with van der Waals surface area (Å²) in [6, 6.07) is 13.3. The van der Waals surface area contributed by atoms with Crippen LogP contribution in [0.2, 0.25) is 5.02 Å². The van der Waals surface area contributed by atoms with Gasteiger partial charge >= 0.3 is 0 Å². The first-order chi connectivity index (χ1) is 17.8. The van der Waals surface area contributed by atoms with Crippen molar-refractivity contribution in [1.82, 2.24) is 24.6 Å². The van der Waals surface area contributed by atoms with Gasteiger partial charge in [-0.3, -0.25) is 4.79 Å². The van der Waals surface area contributed by atoms with Gasteiger partial charge in [-0.15, -0.1) is 0 Å². The number of amides is 1. The molecule has 2 aromatic heterocycles. The van der Waals surface area contributed by atoms with E-state index in [1.54, 1.807) is 41.1 Å². The summed E-state index contributed by atoms with van der Waals surface area (Å²) in [4.78, 5) is 27.0. The lowest BCUT2D eigenvalue weighted by molar-refractivity contribution is 0.0746. The molecule has 7 nitrogen and oxygen atoms in total. The van der Waals surface area contributed by atoms with Gasteiger partial charge in [-0.25, -0.2) is 19.0 Å². The molecule has 9 heteroatoms. The van der Waals surface area contributed by atoms with Crippen LogP contribution in [0.4, 0.5) is 10.2 Å². The van der Waals surface area contributed by atoms with E-state index in [-0.39, 0.29) is 11.7 Å². The van der Waals surface area contributed by atoms with Gasteiger partial charge in [-0.05, 0) is 61.7 Å². The molecule has 3 heterocycles. The van der Waals surface area contributed by atoms with Crippen LogP contribution in [0.15, 0.2) is 48.5 Å². The van der Waals surface area contributed by atoms with Gasteiger partial charge in [-0.1, -0.05) is 31.5 Å². The smallest absolute Gasteiger partial charge is 0.254 e. The highest BCUT2D eigenvalue weighted by atomic mass is 35.5. The monoisotopic (exact) mass is 520 g/mol. The molecule has 0 bridgehead atoms. The summed E-state index contributed by atoms with van der Waals surface area (Å²) in [5, 5.41) is 6.19. The van der Waals surface area contributed by atoms with Crippen LogP contribution < -0.4 is 4.90 Å². The first-order valence-corrected chi connectivity index (χ1v) is 13.0. The minimum absolute atomic E-state index is 0.0204. The first kappa shape index (κ1) is 25.1. The molecule has 1 amide bonds. The molecule has 37 heavy (non-hydrogen) atoms. The van der Waals surface area contributed by atoms with E-state index in [9.17, 15) is 9.18 Å². The first-order valence-electron chi connectivity index (χ1n) is 12.6. The summed E-state index contributed by atoms with van der Waals surface area (Å²) < 4.78 is 15.4. The van der Waals surface area contributed by atoms with Crippen LogP contribution in [0.3, 0.4) is 0 Å². The van der Waals surface area contributed by atoms with Crippen LogP contribution in [0, 0.1) is 18.7 Å². The van der Waals surface area contributed by atoms with E-state index in [4.69, 9.17) is 26.7 Å². The fraction of sp³-hybridized carbons (Fsp3) is 0.357. The number of piperazine rings is 1. The minimum Gasteiger partial charge on any atom is -0.352 e. The van der Waals surface area contributed by atoms with Gasteiger partial charge in [0, 0.05) is 43.2 Å². The Morgan fingerprint density at radius 2 is 1.78 bits per heavy atom. The average Bonchev–Trinajstić information content (AvgIpc) is 3.23. The summed E-state index contributed by atoms with van der Waals surface area (Å²) in [7, 11) is 0. The lowest BCUT2D eigenvalue weighted by Gasteiger charge is -2.36. The number of halogens is 2. The van der Waals surface area contributed by atoms with Gasteiger partial charge in [0.05, 0.1) is 16.8 Å². The van der Waals surface area contributed by atoms with Crippen molar-refractivity contribution < 1.29 is 9.18 Å². The molecule has 1 saturated heterocycles. The van der Waals surface area contributed by atoms with Crippen LogP contribution in [0.1, 0.15) is 42.1 Å². The number of aryl methyl sites for hydroxylation is 2. The van der Waals surface area contributed by atoms with E-state index in [2.05, 4.69) is 18.7 Å². The maximum Gasteiger partial charge on any atom is 0.254 e. The molecule has 0 atom stereocenters. The molecule has 0 N–H and O–H groups in total. The number of benzene rings is 2. The third kappa shape index (κ3) is 5.30. The lowest BCUT2D eigenvalue weighted by Crippen LogP contribution is -2.49. The average molecular weight is 521 g/mol. The van der Waals surface area contributed by atoms with Crippen molar-refractivity contribution >= 4 is 34.4 Å². The van der Waals surface area contributed by atoms with Gasteiger partial charge in [0.25, 0.3) is 5.91 Å². The van der Waals surface area contributed by atoms with E-state index >= 15 is 0 Å². The quantitative estimate of drug-likeness (QED) is 0.337. The zero-order valence-corrected chi connectivity index (χ0v) is 22.0. The van der Waals surface area contributed by atoms with E-state index < -0.39 is 0 Å². The second-order valence-electron chi connectivity index (χ2n) is 9.86. The number of aromatic nitrogens is 4. The number of nitrogens with zero attached hydrogens (tertiary/aromatic N) is 6. The summed E-state index contributed by atoms with van der Waals surface area (Å²) in [6.45, 7) is 8.74. The number of rotatable bonds is 6. The third-order valence-corrected chi connectivity index (χ3v) is 6.92. The molecule has 5 rings (SSSR count). The fourth-order valence-electron chi connectivity index (χ4n) is 4.65. The Labute approximate surface area is 220 Å². The van der Waals surface area contributed by atoms with Crippen molar-refractivity contribution in [3.63, 3.8) is 0 Å². The molecule has 4 aromatic rings. The highest BCUT2D eigenvalue weighted by molar-refractivity contribution is 6.30. The van der Waals surface area contributed by atoms with Crippen LogP contribution >= 0.6 is 11.6 Å². The maximum absolute atomic E-state index is 13.6. The molecular weight excluding hydrogens is 491 g/mol. The summed E-state index contributed by atoms with van der Waals surface area (Å²) in [5.41, 5.74) is 2.86. The van der Waals surface area contributed by atoms with Crippen molar-refractivity contribution in [2.45, 2.75) is 33.6 Å². The normalized spacial score (nSPS) is 14.1. The molecule has 0 radical (unpaired) electrons. The SMILES string of the molecule is Cc1nn(-c2ccc(F)cc2)c2nc(CCC(C)C)nc(N3CCN(C(=O)c4cccc(Cl)c4)CC3)c12. The number of fused-ring (bicyclic) bond motifs is 1. The van der Waals surface area contributed by atoms with E-state index in [0.29, 0.717) is 48.3 Å². The zero-order valence-electron chi connectivity index (χ0n) is 21.3. The van der Waals surface area contributed by atoms with Crippen molar-refractivity contribution in [2.75, 3.05) is 31.1 Å². The Morgan fingerprint density at radius 1 is 1.05 bits per heavy atom. The van der Waals surface area contributed by atoms with E-state index in [1.807, 2.05) is 11.8 Å². The Kier molecular flexibility index (Phi) is 7.11. The highest BCUT2D eigenvalue weighted by Gasteiger charge is 2.27. The molecule has 0 spiro atoms. The van der Waals surface area contributed by atoms with Gasteiger partial charge < -0.3 is 9.80 Å². The second-order valence-corrected chi connectivity index (χ2v) is 10.3. The van der Waals surface area contributed by atoms with Crippen molar-refractivity contribution in [2.24, 2.45) is 5.92 Å². The van der Waals surface area contributed by atoms with Gasteiger partial charge in [-0.2, -0.15) is 5.10 Å². The molecule has 192 valence electrons. The number of carbonyl (C=O) groups excluding carboxylic acids is 1. The largest absolute Gasteiger partial charge is 0.352 e. The van der Waals surface area contributed by atoms with E-state index in [0.717, 1.165) is 41.3 Å². The molecule has 1 aliphatic heterocycles. The Morgan fingerprint density at radius 3 is 2.46 bits per heavy atom. The highest BCUT2D eigenvalue weighted by Crippen LogP contribution is 2.30. The second kappa shape index (κ2) is 10.5. The van der Waals surface area contributed by atoms with Crippen LogP contribution in [-0.4, -0.2) is 56.7 Å². The summed E-state index contributed by atoms with van der Waals surface area (Å²) in [6.07, 6.45) is 1.72. The number of hydrogen-bond donors (Lipinski definition) is 0. The van der Waals surface area contributed by atoms with Gasteiger partial charge in [0.1, 0.15) is 17.5 Å². The molecule has 1 fully saturated rings. The number of hydrogen-bond acceptors (Lipinski definition) is 5. The maximum atomic E-state index is 13.6. The van der Waals surface area contributed by atoms with Crippen molar-refractivity contribution in [3.8, 4) is 5.69 Å². The molecule has 0 saturated carbocycles. The predicted molar refractivity (Wildman–Crippen MR) is 144 cm³/mol. The molecular formula is C28H30ClFN6O. The standard InChI is InChI=1S/C28H30ClFN6O/c1-18(2)7-12-24-31-26(25-19(3)33-36(27(25)32-24)23-10-8-22(30)9-11-23)34-13-15-35(16-14-34)28(37)20-5-4-6-21(29)17-20/h4-6,8-11,17-18H,7,12-16H2,1-3H3. The lowest BCUT2D eigenvalue weighted by atomic mass is 10.1. The molecule has 0 unspecified atom stereocenters. The Balaban J connectivity index is 1.48. The number of carbonyl (C=O) groups is 1. The fourth-order valence-corrected chi connectivity index (χ4v) is 4.84. The van der Waals surface area contributed by atoms with Crippen LogP contribution in [0.25, 0.3) is 16.7 Å². The van der Waals surface area contributed by atoms with Gasteiger partial charge in [0.2, 0.25) is 0 Å². The molecule has 1 aliphatic rings. The van der Waals surface area contributed by atoms with Gasteiger partial charge in [0.15, 0.2) is 5.65 Å². The number of anilines is 1. The molecule has 0 aliphatic carbocycles. The topological polar surface area (TPSA) is 67.2 Å². The van der Waals surface area contributed by atoms with E-state index in [1.165, 1.54) is 12.1 Å². The summed E-state index contributed by atoms with van der Waals surface area (Å²) in [5.74, 6) is 1.80. The van der Waals surface area contributed by atoms with Crippen molar-refractivity contribution in [3.05, 3.63) is 76.5 Å². The Bertz CT molecular complexity index is 1430. The van der Waals surface area contributed by atoms with Crippen molar-refractivity contribution in [1.29, 1.82) is 0 Å². The third-order valence-electron chi connectivity index (χ3n) is 6.68. The molecule has 2 aromatic carbocycles. The van der Waals surface area contributed by atoms with Crippen LogP contribution in [0.5, 0.6) is 0 Å². The van der Waals surface area contributed by atoms with Crippen LogP contribution in [-0.2, 0) is 6.42 Å². The zero-order chi connectivity index (χ0) is 26.1. The Hall–Kier alpha value is -3.52.